The van der Waals surface area contributed by atoms with Crippen LogP contribution in [0.25, 0.3) is 10.9 Å². The molecule has 1 aromatic heterocycles. The summed E-state index contributed by atoms with van der Waals surface area (Å²) in [4.78, 5) is 29.4. The minimum absolute atomic E-state index is 0.0873. The number of nitrogens with one attached hydrogen (secondary N) is 1. The van der Waals surface area contributed by atoms with Crippen LogP contribution in [0.1, 0.15) is 31.8 Å². The Bertz CT molecular complexity index is 1400. The average Bonchev–Trinajstić information content (AvgIpc) is 2.76. The molecular formula is C24H14F4N2O2. The van der Waals surface area contributed by atoms with Crippen molar-refractivity contribution in [2.24, 2.45) is 0 Å². The van der Waals surface area contributed by atoms with Gasteiger partial charge in [0.15, 0.2) is 23.2 Å². The number of carbonyl (C=O) groups excluding carboxylic acids is 2. The number of ketones is 1. The second kappa shape index (κ2) is 8.22. The molecule has 0 spiro atoms. The van der Waals surface area contributed by atoms with E-state index in [1.54, 1.807) is 19.2 Å². The first-order chi connectivity index (χ1) is 15.2. The van der Waals surface area contributed by atoms with Crippen LogP contribution in [0.2, 0.25) is 0 Å². The van der Waals surface area contributed by atoms with Crippen molar-refractivity contribution in [1.82, 2.24) is 4.98 Å². The van der Waals surface area contributed by atoms with Gasteiger partial charge in [0.1, 0.15) is 5.82 Å². The molecule has 160 valence electrons. The number of aryl methyl sites for hydroxylation is 1. The molecule has 0 unspecified atom stereocenters. The van der Waals surface area contributed by atoms with Gasteiger partial charge >= 0.3 is 0 Å². The Balaban J connectivity index is 1.75. The lowest BCUT2D eigenvalue weighted by molar-refractivity contribution is 0.101. The predicted molar refractivity (Wildman–Crippen MR) is 111 cm³/mol. The highest BCUT2D eigenvalue weighted by Crippen LogP contribution is 2.28. The lowest BCUT2D eigenvalue weighted by Crippen LogP contribution is -2.17. The van der Waals surface area contributed by atoms with Crippen LogP contribution in [0.3, 0.4) is 0 Å². The predicted octanol–water partition coefficient (Wildman–Crippen LogP) is 5.58. The third-order valence-electron chi connectivity index (χ3n) is 4.80. The number of hydrogen-bond acceptors (Lipinski definition) is 3. The highest BCUT2D eigenvalue weighted by Gasteiger charge is 2.26. The van der Waals surface area contributed by atoms with Crippen LogP contribution in [0, 0.1) is 30.2 Å². The van der Waals surface area contributed by atoms with Crippen LogP contribution in [0.4, 0.5) is 23.2 Å². The lowest BCUT2D eigenvalue weighted by Gasteiger charge is -2.12. The largest absolute Gasteiger partial charge is 0.319 e. The van der Waals surface area contributed by atoms with E-state index in [9.17, 15) is 22.8 Å². The van der Waals surface area contributed by atoms with Gasteiger partial charge in [-0.15, -0.1) is 0 Å². The summed E-state index contributed by atoms with van der Waals surface area (Å²) in [6.45, 7) is 1.79. The van der Waals surface area contributed by atoms with Gasteiger partial charge in [0.25, 0.3) is 5.91 Å². The van der Waals surface area contributed by atoms with Crippen LogP contribution in [-0.4, -0.2) is 16.7 Å². The summed E-state index contributed by atoms with van der Waals surface area (Å²) in [7, 11) is 0. The fourth-order valence-electron chi connectivity index (χ4n) is 3.25. The summed E-state index contributed by atoms with van der Waals surface area (Å²) in [5, 5.41) is 2.62. The Morgan fingerprint density at radius 2 is 1.66 bits per heavy atom. The number of aromatic nitrogens is 1. The third kappa shape index (κ3) is 3.94. The SMILES string of the molecule is Cc1cnc2ccc(C(=O)c3c(F)c(F)cc(NC(=O)c4cccc(F)c4)c3F)cc2c1. The monoisotopic (exact) mass is 438 g/mol. The normalized spacial score (nSPS) is 10.9. The first kappa shape index (κ1) is 21.2. The van der Waals surface area contributed by atoms with Gasteiger partial charge in [-0.25, -0.2) is 17.6 Å². The van der Waals surface area contributed by atoms with Gasteiger partial charge in [-0.1, -0.05) is 6.07 Å². The molecule has 4 nitrogen and oxygen atoms in total. The Labute approximate surface area is 179 Å². The fraction of sp³-hybridized carbons (Fsp3) is 0.0417. The number of halogens is 4. The molecule has 0 saturated heterocycles. The van der Waals surface area contributed by atoms with Crippen molar-refractivity contribution >= 4 is 28.3 Å². The van der Waals surface area contributed by atoms with E-state index in [0.29, 0.717) is 17.0 Å². The van der Waals surface area contributed by atoms with E-state index in [1.165, 1.54) is 30.3 Å². The van der Waals surface area contributed by atoms with E-state index in [4.69, 9.17) is 0 Å². The zero-order chi connectivity index (χ0) is 23.0. The topological polar surface area (TPSA) is 59.1 Å². The molecule has 1 amide bonds. The smallest absolute Gasteiger partial charge is 0.255 e. The molecule has 0 bridgehead atoms. The molecule has 0 aliphatic rings. The molecule has 1 N–H and O–H groups in total. The van der Waals surface area contributed by atoms with Crippen molar-refractivity contribution in [3.05, 3.63) is 106 Å². The van der Waals surface area contributed by atoms with Crippen LogP contribution >= 0.6 is 0 Å². The summed E-state index contributed by atoms with van der Waals surface area (Å²) in [5.41, 5.74) is -0.780. The Morgan fingerprint density at radius 3 is 2.41 bits per heavy atom. The molecule has 8 heteroatoms. The Kier molecular flexibility index (Phi) is 5.44. The van der Waals surface area contributed by atoms with Crippen molar-refractivity contribution in [1.29, 1.82) is 0 Å². The maximum absolute atomic E-state index is 15.1. The quantitative estimate of drug-likeness (QED) is 0.257. The molecule has 0 saturated carbocycles. The molecular weight excluding hydrogens is 424 g/mol. The van der Waals surface area contributed by atoms with E-state index < -0.39 is 46.2 Å². The van der Waals surface area contributed by atoms with Gasteiger partial charge in [0, 0.05) is 28.8 Å². The highest BCUT2D eigenvalue weighted by molar-refractivity contribution is 6.12. The standard InChI is InChI=1S/C24H14F4N2O2/c1-12-7-15-8-13(5-6-18(15)29-11-12)23(31)20-21(27)17(26)10-19(22(20)28)30-24(32)14-3-2-4-16(25)9-14/h2-11H,1H3,(H,30,32). The molecule has 3 aromatic carbocycles. The van der Waals surface area contributed by atoms with Crippen molar-refractivity contribution in [3.63, 3.8) is 0 Å². The number of anilines is 1. The minimum Gasteiger partial charge on any atom is -0.319 e. The maximum atomic E-state index is 15.1. The molecule has 32 heavy (non-hydrogen) atoms. The molecule has 4 rings (SSSR count). The van der Waals surface area contributed by atoms with Gasteiger partial charge in [-0.05, 0) is 55.0 Å². The molecule has 0 radical (unpaired) electrons. The summed E-state index contributed by atoms with van der Waals surface area (Å²) in [6.07, 6.45) is 1.63. The number of fused-ring (bicyclic) bond motifs is 1. The minimum atomic E-state index is -1.68. The summed E-state index contributed by atoms with van der Waals surface area (Å²) >= 11 is 0. The van der Waals surface area contributed by atoms with Gasteiger partial charge in [-0.2, -0.15) is 0 Å². The van der Waals surface area contributed by atoms with E-state index in [-0.39, 0.29) is 11.1 Å². The van der Waals surface area contributed by atoms with Crippen molar-refractivity contribution in [2.45, 2.75) is 6.92 Å². The Hall–Kier alpha value is -4.07. The number of hydrogen-bond donors (Lipinski definition) is 1. The van der Waals surface area contributed by atoms with E-state index in [2.05, 4.69) is 10.3 Å². The van der Waals surface area contributed by atoms with Crippen LogP contribution in [0.15, 0.2) is 60.8 Å². The zero-order valence-electron chi connectivity index (χ0n) is 16.5. The summed E-state index contributed by atoms with van der Waals surface area (Å²) in [6, 6.07) is 10.9. The van der Waals surface area contributed by atoms with Crippen molar-refractivity contribution in [3.8, 4) is 0 Å². The number of nitrogens with zero attached hydrogens (tertiary/aromatic N) is 1. The highest BCUT2D eigenvalue weighted by atomic mass is 19.2. The summed E-state index contributed by atoms with van der Waals surface area (Å²) in [5.74, 6) is -7.42. The first-order valence-electron chi connectivity index (χ1n) is 9.40. The van der Waals surface area contributed by atoms with Gasteiger partial charge in [0.2, 0.25) is 0 Å². The van der Waals surface area contributed by atoms with Crippen LogP contribution in [-0.2, 0) is 0 Å². The molecule has 4 aromatic rings. The first-order valence-corrected chi connectivity index (χ1v) is 9.40. The molecule has 0 fully saturated rings. The van der Waals surface area contributed by atoms with E-state index in [0.717, 1.165) is 17.7 Å². The number of amides is 1. The van der Waals surface area contributed by atoms with Gasteiger partial charge < -0.3 is 5.32 Å². The Morgan fingerprint density at radius 1 is 0.875 bits per heavy atom. The maximum Gasteiger partial charge on any atom is 0.255 e. The van der Waals surface area contributed by atoms with Gasteiger partial charge in [0.05, 0.1) is 16.8 Å². The number of benzene rings is 3. The van der Waals surface area contributed by atoms with E-state index in [1.807, 2.05) is 0 Å². The number of carbonyl (C=O) groups is 2. The van der Waals surface area contributed by atoms with Crippen molar-refractivity contribution in [2.75, 3.05) is 5.32 Å². The van der Waals surface area contributed by atoms with E-state index >= 15 is 4.39 Å². The van der Waals surface area contributed by atoms with Crippen LogP contribution < -0.4 is 5.32 Å². The third-order valence-corrected chi connectivity index (χ3v) is 4.80. The second-order valence-electron chi connectivity index (χ2n) is 7.12. The summed E-state index contributed by atoms with van der Waals surface area (Å²) < 4.78 is 57.1. The lowest BCUT2D eigenvalue weighted by atomic mass is 9.99. The molecule has 0 atom stereocenters. The fourth-order valence-corrected chi connectivity index (χ4v) is 3.25. The second-order valence-corrected chi connectivity index (χ2v) is 7.12. The van der Waals surface area contributed by atoms with Gasteiger partial charge in [-0.3, -0.25) is 14.6 Å². The number of pyridine rings is 1. The molecule has 1 heterocycles. The molecule has 0 aliphatic heterocycles. The van der Waals surface area contributed by atoms with Crippen molar-refractivity contribution < 1.29 is 27.2 Å². The van der Waals surface area contributed by atoms with Crippen LogP contribution in [0.5, 0.6) is 0 Å². The number of rotatable bonds is 4. The molecule has 0 aliphatic carbocycles. The average molecular weight is 438 g/mol. The zero-order valence-corrected chi connectivity index (χ0v) is 16.5.